The average molecular weight is 391 g/mol. The van der Waals surface area contributed by atoms with E-state index in [1.54, 1.807) is 19.2 Å². The molecule has 0 atom stereocenters. The number of halogens is 3. The number of ether oxygens (including phenoxy) is 1. The molecule has 0 spiro atoms. The van der Waals surface area contributed by atoms with E-state index in [1.165, 1.54) is 41.3 Å². The van der Waals surface area contributed by atoms with Crippen LogP contribution < -0.4 is 4.74 Å². The van der Waals surface area contributed by atoms with Crippen molar-refractivity contribution in [3.8, 4) is 17.1 Å². The lowest BCUT2D eigenvalue weighted by Crippen LogP contribution is -2.30. The number of alkyl halides is 2. The normalized spacial score (nSPS) is 10.9. The molecule has 2 aromatic carbocycles. The maximum atomic E-state index is 13.0. The number of carbonyl (C=O) groups excluding carboxylic acids is 1. The van der Waals surface area contributed by atoms with Gasteiger partial charge < -0.3 is 9.64 Å². The molecule has 3 aromatic rings. The quantitative estimate of drug-likeness (QED) is 0.619. The number of likely N-dealkylation sites (N-methyl/N-ethyl adjacent to an activating group) is 1. The Morgan fingerprint density at radius 2 is 1.82 bits per heavy atom. The van der Waals surface area contributed by atoms with E-state index in [-0.39, 0.29) is 36.4 Å². The Bertz CT molecular complexity index is 929. The Hall–Kier alpha value is -3.43. The van der Waals surface area contributed by atoms with Crippen LogP contribution in [0, 0.1) is 5.82 Å². The van der Waals surface area contributed by atoms with Crippen molar-refractivity contribution in [3.63, 3.8) is 0 Å². The fraction of sp³-hybridized carbons (Fsp3) is 0.222. The van der Waals surface area contributed by atoms with Gasteiger partial charge in [-0.1, -0.05) is 12.1 Å². The van der Waals surface area contributed by atoms with Crippen molar-refractivity contribution < 1.29 is 22.7 Å². The lowest BCUT2D eigenvalue weighted by atomic mass is 10.2. The van der Waals surface area contributed by atoms with Crippen molar-refractivity contribution in [2.24, 2.45) is 0 Å². The molecular weight excluding hydrogens is 375 g/mol. The van der Waals surface area contributed by atoms with Crippen LogP contribution in [0.1, 0.15) is 5.56 Å². The van der Waals surface area contributed by atoms with Gasteiger partial charge in [0, 0.05) is 19.2 Å². The van der Waals surface area contributed by atoms with Crippen molar-refractivity contribution in [1.82, 2.24) is 25.1 Å². The second-order valence-corrected chi connectivity index (χ2v) is 5.92. The minimum Gasteiger partial charge on any atom is -0.435 e. The highest BCUT2D eigenvalue weighted by Crippen LogP contribution is 2.16. The van der Waals surface area contributed by atoms with Gasteiger partial charge in [-0.3, -0.25) is 4.79 Å². The number of hydrogen-bond acceptors (Lipinski definition) is 5. The highest BCUT2D eigenvalue weighted by atomic mass is 19.3. The lowest BCUT2D eigenvalue weighted by molar-refractivity contribution is -0.131. The standard InChI is InChI=1S/C18H16F3N5O2/c1-25(10-12-2-8-15(9-3-12)28-18(20)21)16(27)11-26-23-17(22-24-26)13-4-6-14(19)7-5-13/h2-9,18H,10-11H2,1H3. The first-order valence-electron chi connectivity index (χ1n) is 8.22. The second kappa shape index (κ2) is 8.51. The number of rotatable bonds is 7. The minimum atomic E-state index is -2.88. The highest BCUT2D eigenvalue weighted by Gasteiger charge is 2.14. The van der Waals surface area contributed by atoms with Crippen LogP contribution in [0.15, 0.2) is 48.5 Å². The topological polar surface area (TPSA) is 73.1 Å². The zero-order valence-corrected chi connectivity index (χ0v) is 14.8. The lowest BCUT2D eigenvalue weighted by Gasteiger charge is -2.17. The summed E-state index contributed by atoms with van der Waals surface area (Å²) in [5.74, 6) is -0.310. The number of aromatic nitrogens is 4. The number of hydrogen-bond donors (Lipinski definition) is 0. The summed E-state index contributed by atoms with van der Waals surface area (Å²) in [5.41, 5.74) is 1.33. The molecule has 0 saturated heterocycles. The van der Waals surface area contributed by atoms with E-state index in [9.17, 15) is 18.0 Å². The van der Waals surface area contributed by atoms with Crippen molar-refractivity contribution in [1.29, 1.82) is 0 Å². The molecule has 1 amide bonds. The number of tetrazole rings is 1. The molecule has 28 heavy (non-hydrogen) atoms. The van der Waals surface area contributed by atoms with Gasteiger partial charge in [-0.05, 0) is 47.2 Å². The predicted octanol–water partition coefficient (Wildman–Crippen LogP) is 2.74. The number of benzene rings is 2. The fourth-order valence-corrected chi connectivity index (χ4v) is 2.40. The summed E-state index contributed by atoms with van der Waals surface area (Å²) in [5, 5.41) is 11.8. The molecule has 10 heteroatoms. The van der Waals surface area contributed by atoms with Crippen LogP contribution in [0.3, 0.4) is 0 Å². The third-order valence-corrected chi connectivity index (χ3v) is 3.83. The van der Waals surface area contributed by atoms with Crippen LogP contribution in [0.5, 0.6) is 5.75 Å². The van der Waals surface area contributed by atoms with Crippen molar-refractivity contribution in [3.05, 3.63) is 59.9 Å². The zero-order valence-electron chi connectivity index (χ0n) is 14.8. The summed E-state index contributed by atoms with van der Waals surface area (Å²) >= 11 is 0. The van der Waals surface area contributed by atoms with Gasteiger partial charge in [-0.15, -0.1) is 10.2 Å². The van der Waals surface area contributed by atoms with Crippen LogP contribution in [0.25, 0.3) is 11.4 Å². The van der Waals surface area contributed by atoms with Gasteiger partial charge in [0.25, 0.3) is 0 Å². The largest absolute Gasteiger partial charge is 0.435 e. The van der Waals surface area contributed by atoms with E-state index in [0.717, 1.165) is 10.4 Å². The molecule has 0 unspecified atom stereocenters. The molecule has 1 heterocycles. The Morgan fingerprint density at radius 1 is 1.14 bits per heavy atom. The van der Waals surface area contributed by atoms with Gasteiger partial charge in [-0.25, -0.2) is 4.39 Å². The first kappa shape index (κ1) is 19.3. The first-order valence-corrected chi connectivity index (χ1v) is 8.22. The minimum absolute atomic E-state index is 0.0490. The summed E-state index contributed by atoms with van der Waals surface area (Å²) in [6, 6.07) is 11.6. The van der Waals surface area contributed by atoms with Gasteiger partial charge >= 0.3 is 6.61 Å². The van der Waals surface area contributed by atoms with Gasteiger partial charge in [0.15, 0.2) is 0 Å². The summed E-state index contributed by atoms with van der Waals surface area (Å²) in [4.78, 5) is 14.9. The molecule has 0 aliphatic rings. The molecule has 146 valence electrons. The predicted molar refractivity (Wildman–Crippen MR) is 92.8 cm³/mol. The summed E-state index contributed by atoms with van der Waals surface area (Å²) in [7, 11) is 1.60. The molecule has 0 radical (unpaired) electrons. The molecule has 0 N–H and O–H groups in total. The third kappa shape index (κ3) is 5.06. The summed E-state index contributed by atoms with van der Waals surface area (Å²) < 4.78 is 41.6. The fourth-order valence-electron chi connectivity index (χ4n) is 2.40. The van der Waals surface area contributed by atoms with Crippen LogP contribution in [0.4, 0.5) is 13.2 Å². The van der Waals surface area contributed by atoms with Crippen LogP contribution >= 0.6 is 0 Å². The third-order valence-electron chi connectivity index (χ3n) is 3.83. The molecule has 0 aliphatic carbocycles. The van der Waals surface area contributed by atoms with Gasteiger partial charge in [-0.2, -0.15) is 13.6 Å². The number of carbonyl (C=O) groups is 1. The van der Waals surface area contributed by atoms with Gasteiger partial charge in [0.1, 0.15) is 18.1 Å². The average Bonchev–Trinajstić information content (AvgIpc) is 3.12. The van der Waals surface area contributed by atoms with E-state index < -0.39 is 6.61 Å². The van der Waals surface area contributed by atoms with Crippen LogP contribution in [0.2, 0.25) is 0 Å². The maximum absolute atomic E-state index is 13.0. The second-order valence-electron chi connectivity index (χ2n) is 5.92. The summed E-state index contributed by atoms with van der Waals surface area (Å²) in [6.45, 7) is -2.74. The molecule has 1 aromatic heterocycles. The Kier molecular flexibility index (Phi) is 5.87. The number of amides is 1. The summed E-state index contributed by atoms with van der Waals surface area (Å²) in [6.07, 6.45) is 0. The van der Waals surface area contributed by atoms with E-state index >= 15 is 0 Å². The highest BCUT2D eigenvalue weighted by molar-refractivity contribution is 5.75. The maximum Gasteiger partial charge on any atom is 0.387 e. The van der Waals surface area contributed by atoms with E-state index in [0.29, 0.717) is 5.56 Å². The Morgan fingerprint density at radius 3 is 2.46 bits per heavy atom. The van der Waals surface area contributed by atoms with Gasteiger partial charge in [0.05, 0.1) is 0 Å². The molecule has 7 nitrogen and oxygen atoms in total. The molecule has 0 bridgehead atoms. The number of nitrogens with zero attached hydrogens (tertiary/aromatic N) is 5. The van der Waals surface area contributed by atoms with Crippen LogP contribution in [-0.2, 0) is 17.9 Å². The van der Waals surface area contributed by atoms with Gasteiger partial charge in [0.2, 0.25) is 11.7 Å². The monoisotopic (exact) mass is 391 g/mol. The zero-order chi connectivity index (χ0) is 20.1. The molecule has 3 rings (SSSR count). The van der Waals surface area contributed by atoms with E-state index in [2.05, 4.69) is 20.1 Å². The molecule has 0 saturated carbocycles. The molecule has 0 fully saturated rings. The van der Waals surface area contributed by atoms with E-state index in [1.807, 2.05) is 0 Å². The Balaban J connectivity index is 1.57. The molecular formula is C18H16F3N5O2. The SMILES string of the molecule is CN(Cc1ccc(OC(F)F)cc1)C(=O)Cn1nnc(-c2ccc(F)cc2)n1. The van der Waals surface area contributed by atoms with Crippen molar-refractivity contribution >= 4 is 5.91 Å². The van der Waals surface area contributed by atoms with E-state index in [4.69, 9.17) is 0 Å². The van der Waals surface area contributed by atoms with Crippen molar-refractivity contribution in [2.45, 2.75) is 19.7 Å². The smallest absolute Gasteiger partial charge is 0.387 e. The van der Waals surface area contributed by atoms with Crippen molar-refractivity contribution in [2.75, 3.05) is 7.05 Å². The molecule has 0 aliphatic heterocycles. The Labute approximate surface area is 158 Å². The van der Waals surface area contributed by atoms with Crippen LogP contribution in [-0.4, -0.2) is 44.7 Å². The first-order chi connectivity index (χ1) is 13.4.